The minimum Gasteiger partial charge on any atom is -0.329 e. The van der Waals surface area contributed by atoms with Gasteiger partial charge in [0.2, 0.25) is 0 Å². The zero-order chi connectivity index (χ0) is 13.1. The summed E-state index contributed by atoms with van der Waals surface area (Å²) in [6, 6.07) is 0. The molecular formula is C15H32N2. The van der Waals surface area contributed by atoms with E-state index in [4.69, 9.17) is 5.73 Å². The molecular weight excluding hydrogens is 208 g/mol. The van der Waals surface area contributed by atoms with Gasteiger partial charge in [-0.05, 0) is 50.6 Å². The van der Waals surface area contributed by atoms with Crippen LogP contribution in [0.2, 0.25) is 0 Å². The minimum absolute atomic E-state index is 0.212. The first-order valence-corrected chi connectivity index (χ1v) is 7.30. The minimum atomic E-state index is 0.212. The summed E-state index contributed by atoms with van der Waals surface area (Å²) in [7, 11) is 0. The van der Waals surface area contributed by atoms with Crippen LogP contribution in [-0.4, -0.2) is 30.1 Å². The van der Waals surface area contributed by atoms with Gasteiger partial charge in [0.25, 0.3) is 0 Å². The lowest BCUT2D eigenvalue weighted by Gasteiger charge is -2.48. The lowest BCUT2D eigenvalue weighted by Crippen LogP contribution is -2.56. The van der Waals surface area contributed by atoms with Gasteiger partial charge in [0.1, 0.15) is 0 Å². The third kappa shape index (κ3) is 3.69. The standard InChI is InChI=1S/C15H32N2/c1-6-14(4)7-9-17(10-8-14)15(5,12-16)11-13(2)3/h13H,6-12,16H2,1-5H3. The van der Waals surface area contributed by atoms with Gasteiger partial charge in [-0.25, -0.2) is 0 Å². The highest BCUT2D eigenvalue weighted by Gasteiger charge is 2.37. The molecule has 1 saturated heterocycles. The molecule has 0 aromatic heterocycles. The fourth-order valence-electron chi connectivity index (χ4n) is 3.16. The molecule has 0 aliphatic carbocycles. The van der Waals surface area contributed by atoms with Crippen LogP contribution in [0.15, 0.2) is 0 Å². The third-order valence-electron chi connectivity index (χ3n) is 4.88. The maximum Gasteiger partial charge on any atom is 0.0306 e. The number of nitrogens with two attached hydrogens (primary N) is 1. The second-order valence-electron chi connectivity index (χ2n) is 6.95. The van der Waals surface area contributed by atoms with E-state index in [1.165, 1.54) is 38.8 Å². The highest BCUT2D eigenvalue weighted by atomic mass is 15.2. The summed E-state index contributed by atoms with van der Waals surface area (Å²) in [5, 5.41) is 0. The molecule has 2 nitrogen and oxygen atoms in total. The Morgan fingerprint density at radius 2 is 1.82 bits per heavy atom. The molecule has 0 spiro atoms. The van der Waals surface area contributed by atoms with Crippen molar-refractivity contribution in [1.82, 2.24) is 4.90 Å². The van der Waals surface area contributed by atoms with Crippen molar-refractivity contribution in [3.8, 4) is 0 Å². The molecule has 2 heteroatoms. The van der Waals surface area contributed by atoms with Gasteiger partial charge in [0.05, 0.1) is 0 Å². The first-order valence-electron chi connectivity index (χ1n) is 7.30. The van der Waals surface area contributed by atoms with Crippen LogP contribution in [0.5, 0.6) is 0 Å². The maximum absolute atomic E-state index is 6.04. The normalized spacial score (nSPS) is 24.9. The molecule has 1 aliphatic rings. The van der Waals surface area contributed by atoms with Crippen molar-refractivity contribution in [3.05, 3.63) is 0 Å². The lowest BCUT2D eigenvalue weighted by molar-refractivity contribution is 0.0234. The maximum atomic E-state index is 6.04. The first-order chi connectivity index (χ1) is 7.85. The molecule has 0 aromatic rings. The zero-order valence-corrected chi connectivity index (χ0v) is 12.6. The van der Waals surface area contributed by atoms with E-state index in [1.807, 2.05) is 0 Å². The van der Waals surface area contributed by atoms with E-state index in [0.29, 0.717) is 5.41 Å². The van der Waals surface area contributed by atoms with Crippen LogP contribution >= 0.6 is 0 Å². The third-order valence-corrected chi connectivity index (χ3v) is 4.88. The molecule has 0 amide bonds. The van der Waals surface area contributed by atoms with Crippen molar-refractivity contribution >= 4 is 0 Å². The average molecular weight is 240 g/mol. The molecule has 1 heterocycles. The molecule has 102 valence electrons. The van der Waals surface area contributed by atoms with Crippen LogP contribution in [0.4, 0.5) is 0 Å². The summed E-state index contributed by atoms with van der Waals surface area (Å²) in [6.45, 7) is 15.0. The smallest absolute Gasteiger partial charge is 0.0306 e. The number of hydrogen-bond acceptors (Lipinski definition) is 2. The van der Waals surface area contributed by atoms with Crippen LogP contribution in [0.1, 0.15) is 60.3 Å². The van der Waals surface area contributed by atoms with Crippen molar-refractivity contribution in [3.63, 3.8) is 0 Å². The van der Waals surface area contributed by atoms with E-state index < -0.39 is 0 Å². The van der Waals surface area contributed by atoms with Crippen molar-refractivity contribution in [1.29, 1.82) is 0 Å². The van der Waals surface area contributed by atoms with Crippen LogP contribution in [0, 0.1) is 11.3 Å². The van der Waals surface area contributed by atoms with Gasteiger partial charge in [-0.15, -0.1) is 0 Å². The van der Waals surface area contributed by atoms with Gasteiger partial charge in [-0.3, -0.25) is 4.90 Å². The van der Waals surface area contributed by atoms with Gasteiger partial charge >= 0.3 is 0 Å². The van der Waals surface area contributed by atoms with Gasteiger partial charge in [-0.2, -0.15) is 0 Å². The Labute approximate surface area is 108 Å². The molecule has 1 fully saturated rings. The van der Waals surface area contributed by atoms with Gasteiger partial charge in [0.15, 0.2) is 0 Å². The summed E-state index contributed by atoms with van der Waals surface area (Å²) in [5.41, 5.74) is 6.83. The summed E-state index contributed by atoms with van der Waals surface area (Å²) in [4.78, 5) is 2.64. The number of rotatable bonds is 5. The lowest BCUT2D eigenvalue weighted by atomic mass is 9.76. The van der Waals surface area contributed by atoms with Crippen molar-refractivity contribution in [2.24, 2.45) is 17.1 Å². The molecule has 1 atom stereocenters. The monoisotopic (exact) mass is 240 g/mol. The van der Waals surface area contributed by atoms with E-state index in [2.05, 4.69) is 39.5 Å². The Kier molecular flexibility index (Phi) is 5.03. The number of likely N-dealkylation sites (tertiary alicyclic amines) is 1. The highest BCUT2D eigenvalue weighted by Crippen LogP contribution is 2.37. The summed E-state index contributed by atoms with van der Waals surface area (Å²) >= 11 is 0. The van der Waals surface area contributed by atoms with Crippen molar-refractivity contribution < 1.29 is 0 Å². The van der Waals surface area contributed by atoms with E-state index in [9.17, 15) is 0 Å². The van der Waals surface area contributed by atoms with Crippen molar-refractivity contribution in [2.45, 2.75) is 65.8 Å². The van der Waals surface area contributed by atoms with Crippen LogP contribution in [0.3, 0.4) is 0 Å². The summed E-state index contributed by atoms with van der Waals surface area (Å²) in [6.07, 6.45) is 5.19. The van der Waals surface area contributed by atoms with E-state index in [-0.39, 0.29) is 5.54 Å². The van der Waals surface area contributed by atoms with E-state index in [1.54, 1.807) is 0 Å². The Balaban J connectivity index is 2.62. The number of hydrogen-bond donors (Lipinski definition) is 1. The Morgan fingerprint density at radius 3 is 2.18 bits per heavy atom. The summed E-state index contributed by atoms with van der Waals surface area (Å²) < 4.78 is 0. The van der Waals surface area contributed by atoms with Crippen molar-refractivity contribution in [2.75, 3.05) is 19.6 Å². The molecule has 1 rings (SSSR count). The Bertz CT molecular complexity index is 229. The van der Waals surface area contributed by atoms with Crippen LogP contribution in [-0.2, 0) is 0 Å². The fourth-order valence-corrected chi connectivity index (χ4v) is 3.16. The largest absolute Gasteiger partial charge is 0.329 e. The second kappa shape index (κ2) is 5.71. The SMILES string of the molecule is CCC1(C)CCN(C(C)(CN)CC(C)C)CC1. The van der Waals surface area contributed by atoms with Gasteiger partial charge < -0.3 is 5.73 Å². The molecule has 0 bridgehead atoms. The second-order valence-corrected chi connectivity index (χ2v) is 6.95. The molecule has 0 radical (unpaired) electrons. The predicted octanol–water partition coefficient (Wildman–Crippen LogP) is 3.26. The zero-order valence-electron chi connectivity index (χ0n) is 12.6. The molecule has 17 heavy (non-hydrogen) atoms. The quantitative estimate of drug-likeness (QED) is 0.799. The van der Waals surface area contributed by atoms with E-state index >= 15 is 0 Å². The average Bonchev–Trinajstić information content (AvgIpc) is 2.29. The molecule has 2 N–H and O–H groups in total. The molecule has 0 aromatic carbocycles. The number of piperidine rings is 1. The first kappa shape index (κ1) is 15.0. The summed E-state index contributed by atoms with van der Waals surface area (Å²) in [5.74, 6) is 0.725. The molecule has 1 aliphatic heterocycles. The topological polar surface area (TPSA) is 29.3 Å². The van der Waals surface area contributed by atoms with Gasteiger partial charge in [-0.1, -0.05) is 34.1 Å². The van der Waals surface area contributed by atoms with Crippen LogP contribution in [0.25, 0.3) is 0 Å². The van der Waals surface area contributed by atoms with Gasteiger partial charge in [0, 0.05) is 12.1 Å². The fraction of sp³-hybridized carbons (Fsp3) is 1.00. The molecule has 0 saturated carbocycles. The molecule has 1 unspecified atom stereocenters. The Hall–Kier alpha value is -0.0800. The number of nitrogens with zero attached hydrogens (tertiary/aromatic N) is 1. The predicted molar refractivity (Wildman–Crippen MR) is 76.1 cm³/mol. The van der Waals surface area contributed by atoms with Crippen LogP contribution < -0.4 is 5.73 Å². The van der Waals surface area contributed by atoms with E-state index in [0.717, 1.165) is 12.5 Å². The highest BCUT2D eigenvalue weighted by molar-refractivity contribution is 4.93. The Morgan fingerprint density at radius 1 is 1.29 bits per heavy atom.